The van der Waals surface area contributed by atoms with Crippen molar-refractivity contribution in [2.75, 3.05) is 6.61 Å². The quantitative estimate of drug-likeness (QED) is 0.434. The number of hydrogen-bond donors (Lipinski definition) is 2. The minimum Gasteiger partial charge on any atom is -0.502 e. The van der Waals surface area contributed by atoms with Crippen molar-refractivity contribution in [3.8, 4) is 11.5 Å². The fourth-order valence-electron chi connectivity index (χ4n) is 1.84. The van der Waals surface area contributed by atoms with Gasteiger partial charge < -0.3 is 9.84 Å². The minimum atomic E-state index is -0.710. The lowest BCUT2D eigenvalue weighted by atomic mass is 10.2. The number of benzene rings is 2. The summed E-state index contributed by atoms with van der Waals surface area (Å²) in [6.45, 7) is 1.69. The van der Waals surface area contributed by atoms with E-state index in [0.717, 1.165) is 16.1 Å². The molecule has 0 atom stereocenters. The molecule has 0 aliphatic heterocycles. The summed E-state index contributed by atoms with van der Waals surface area (Å²) in [6.07, 6.45) is 1.23. The molecule has 2 aromatic carbocycles. The number of carbonyl (C=O) groups excluding carboxylic acids is 1. The van der Waals surface area contributed by atoms with Crippen molar-refractivity contribution in [3.05, 3.63) is 62.1 Å². The number of nitro benzene ring substituents is 1. The molecule has 130 valence electrons. The van der Waals surface area contributed by atoms with Crippen molar-refractivity contribution in [2.24, 2.45) is 5.10 Å². The molecular weight excluding hydrogens is 394 g/mol. The lowest BCUT2D eigenvalue weighted by Crippen LogP contribution is -2.24. The van der Waals surface area contributed by atoms with Gasteiger partial charge in [-0.25, -0.2) is 5.43 Å². The first-order chi connectivity index (χ1) is 11.9. The van der Waals surface area contributed by atoms with E-state index < -0.39 is 22.3 Å². The number of aromatic hydroxyl groups is 1. The molecule has 2 aromatic rings. The molecule has 2 rings (SSSR count). The summed E-state index contributed by atoms with van der Waals surface area (Å²) >= 11 is 3.34. The Bertz CT molecular complexity index is 839. The summed E-state index contributed by atoms with van der Waals surface area (Å²) in [5, 5.41) is 23.8. The second kappa shape index (κ2) is 8.25. The molecule has 0 bridgehead atoms. The maximum Gasteiger partial charge on any atom is 0.311 e. The van der Waals surface area contributed by atoms with E-state index in [1.165, 1.54) is 18.3 Å². The van der Waals surface area contributed by atoms with E-state index in [1.54, 1.807) is 6.07 Å². The average molecular weight is 408 g/mol. The molecule has 0 fully saturated rings. The van der Waals surface area contributed by atoms with Crippen LogP contribution in [0.5, 0.6) is 11.5 Å². The number of rotatable bonds is 6. The topological polar surface area (TPSA) is 114 Å². The van der Waals surface area contributed by atoms with Crippen molar-refractivity contribution in [3.63, 3.8) is 0 Å². The molecule has 0 aliphatic carbocycles. The largest absolute Gasteiger partial charge is 0.502 e. The van der Waals surface area contributed by atoms with E-state index in [0.29, 0.717) is 11.3 Å². The number of phenols is 1. The molecule has 0 heterocycles. The third-order valence-corrected chi connectivity index (χ3v) is 3.66. The molecule has 0 radical (unpaired) electrons. The molecule has 2 N–H and O–H groups in total. The number of halogens is 1. The molecule has 0 spiro atoms. The van der Waals surface area contributed by atoms with Crippen molar-refractivity contribution in [2.45, 2.75) is 6.92 Å². The summed E-state index contributed by atoms with van der Waals surface area (Å²) in [7, 11) is 0. The maximum absolute atomic E-state index is 11.7. The van der Waals surface area contributed by atoms with Gasteiger partial charge in [0, 0.05) is 11.6 Å². The van der Waals surface area contributed by atoms with Gasteiger partial charge in [-0.15, -0.1) is 0 Å². The predicted molar refractivity (Wildman–Crippen MR) is 94.9 cm³/mol. The van der Waals surface area contributed by atoms with Crippen molar-refractivity contribution in [1.29, 1.82) is 0 Å². The van der Waals surface area contributed by atoms with Crippen molar-refractivity contribution >= 4 is 33.7 Å². The van der Waals surface area contributed by atoms with Crippen LogP contribution < -0.4 is 10.2 Å². The smallest absolute Gasteiger partial charge is 0.311 e. The summed E-state index contributed by atoms with van der Waals surface area (Å²) < 4.78 is 6.10. The highest BCUT2D eigenvalue weighted by atomic mass is 79.9. The molecule has 0 aromatic heterocycles. The second-order valence-corrected chi connectivity index (χ2v) is 5.88. The highest BCUT2D eigenvalue weighted by Crippen LogP contribution is 2.26. The fraction of sp³-hybridized carbons (Fsp3) is 0.125. The monoisotopic (exact) mass is 407 g/mol. The van der Waals surface area contributed by atoms with Crippen LogP contribution in [0.3, 0.4) is 0 Å². The van der Waals surface area contributed by atoms with Crippen LogP contribution in [-0.4, -0.2) is 28.8 Å². The molecule has 0 unspecified atom stereocenters. The number of nitrogens with one attached hydrogen (secondary N) is 1. The number of hydrogen-bond acceptors (Lipinski definition) is 6. The number of aryl methyl sites for hydroxylation is 1. The van der Waals surface area contributed by atoms with Crippen LogP contribution in [0.15, 0.2) is 46.0 Å². The first-order valence-corrected chi connectivity index (χ1v) is 7.84. The maximum atomic E-state index is 11.7. The fourth-order valence-corrected chi connectivity index (χ4v) is 2.45. The van der Waals surface area contributed by atoms with Gasteiger partial charge in [0.05, 0.1) is 15.6 Å². The Labute approximate surface area is 151 Å². The third-order valence-electron chi connectivity index (χ3n) is 3.05. The Hall–Kier alpha value is -2.94. The molecule has 0 aliphatic rings. The van der Waals surface area contributed by atoms with Crippen LogP contribution >= 0.6 is 15.9 Å². The third kappa shape index (κ3) is 5.28. The van der Waals surface area contributed by atoms with E-state index in [4.69, 9.17) is 4.74 Å². The Balaban J connectivity index is 1.90. The van der Waals surface area contributed by atoms with Gasteiger partial charge in [-0.2, -0.15) is 5.10 Å². The summed E-state index contributed by atoms with van der Waals surface area (Å²) in [6, 6.07) is 9.21. The zero-order valence-corrected chi connectivity index (χ0v) is 14.7. The highest BCUT2D eigenvalue weighted by Gasteiger charge is 2.12. The molecule has 25 heavy (non-hydrogen) atoms. The van der Waals surface area contributed by atoms with Crippen LogP contribution in [0.4, 0.5) is 5.69 Å². The number of nitro groups is 1. The Morgan fingerprint density at radius 1 is 1.40 bits per heavy atom. The SMILES string of the molecule is Cc1ccc(OCC(=O)N/N=C/c2ccc(O)c([N+](=O)[O-])c2)c(Br)c1. The van der Waals surface area contributed by atoms with E-state index in [1.807, 2.05) is 19.1 Å². The van der Waals surface area contributed by atoms with Gasteiger partial charge in [0.1, 0.15) is 5.75 Å². The average Bonchev–Trinajstić information content (AvgIpc) is 2.55. The molecular formula is C16H14BrN3O5. The lowest BCUT2D eigenvalue weighted by Gasteiger charge is -2.07. The predicted octanol–water partition coefficient (Wildman–Crippen LogP) is 2.90. The number of amides is 1. The zero-order chi connectivity index (χ0) is 18.4. The molecule has 0 saturated carbocycles. The Morgan fingerprint density at radius 3 is 2.84 bits per heavy atom. The number of nitrogens with zero attached hydrogens (tertiary/aromatic N) is 2. The van der Waals surface area contributed by atoms with Gasteiger partial charge in [0.2, 0.25) is 0 Å². The normalized spacial score (nSPS) is 10.6. The Kier molecular flexibility index (Phi) is 6.07. The first kappa shape index (κ1) is 18.4. The van der Waals surface area contributed by atoms with Gasteiger partial charge in [0.15, 0.2) is 12.4 Å². The van der Waals surface area contributed by atoms with Gasteiger partial charge in [-0.05, 0) is 52.7 Å². The standard InChI is InChI=1S/C16H14BrN3O5/c1-10-2-5-15(12(17)6-10)25-9-16(22)19-18-8-11-3-4-14(21)13(7-11)20(23)24/h2-8,21H,9H2,1H3,(H,19,22)/b18-8+. The minimum absolute atomic E-state index is 0.241. The summed E-state index contributed by atoms with van der Waals surface area (Å²) in [5.74, 6) is -0.404. The zero-order valence-electron chi connectivity index (χ0n) is 13.1. The molecule has 1 amide bonds. The Morgan fingerprint density at radius 2 is 2.16 bits per heavy atom. The van der Waals surface area contributed by atoms with Crippen LogP contribution in [0, 0.1) is 17.0 Å². The van der Waals surface area contributed by atoms with Crippen LogP contribution in [0.1, 0.15) is 11.1 Å². The van der Waals surface area contributed by atoms with Crippen LogP contribution in [0.25, 0.3) is 0 Å². The first-order valence-electron chi connectivity index (χ1n) is 7.05. The summed E-state index contributed by atoms with van der Waals surface area (Å²) in [5.41, 5.74) is 3.22. The molecule has 8 nitrogen and oxygen atoms in total. The van der Waals surface area contributed by atoms with E-state index in [-0.39, 0.29) is 6.61 Å². The number of carbonyl (C=O) groups is 1. The number of phenolic OH excluding ortho intramolecular Hbond substituents is 1. The van der Waals surface area contributed by atoms with Gasteiger partial charge in [-0.1, -0.05) is 6.07 Å². The highest BCUT2D eigenvalue weighted by molar-refractivity contribution is 9.10. The van der Waals surface area contributed by atoms with Crippen molar-refractivity contribution in [1.82, 2.24) is 5.43 Å². The van der Waals surface area contributed by atoms with Crippen LogP contribution in [-0.2, 0) is 4.79 Å². The van der Waals surface area contributed by atoms with Crippen LogP contribution in [0.2, 0.25) is 0 Å². The van der Waals surface area contributed by atoms with Crippen molar-refractivity contribution < 1.29 is 19.6 Å². The number of ether oxygens (including phenoxy) is 1. The van der Waals surface area contributed by atoms with E-state index in [9.17, 15) is 20.0 Å². The van der Waals surface area contributed by atoms with E-state index >= 15 is 0 Å². The second-order valence-electron chi connectivity index (χ2n) is 5.02. The van der Waals surface area contributed by atoms with Gasteiger partial charge in [0.25, 0.3) is 5.91 Å². The molecule has 0 saturated heterocycles. The van der Waals surface area contributed by atoms with Gasteiger partial charge in [-0.3, -0.25) is 14.9 Å². The number of hydrazone groups is 1. The van der Waals surface area contributed by atoms with Gasteiger partial charge >= 0.3 is 5.69 Å². The lowest BCUT2D eigenvalue weighted by molar-refractivity contribution is -0.385. The van der Waals surface area contributed by atoms with E-state index in [2.05, 4.69) is 26.5 Å². The summed E-state index contributed by atoms with van der Waals surface area (Å²) in [4.78, 5) is 21.7. The molecule has 9 heteroatoms.